The Balaban J connectivity index is 1.26. The molecule has 0 bridgehead atoms. The van der Waals surface area contributed by atoms with Crippen LogP contribution in [0.1, 0.15) is 69.4 Å². The Bertz CT molecular complexity index is 1010. The van der Waals surface area contributed by atoms with Crippen LogP contribution in [0.4, 0.5) is 0 Å². The first-order valence-corrected chi connectivity index (χ1v) is 13.7. The Hall–Kier alpha value is -2.21. The van der Waals surface area contributed by atoms with Crippen molar-refractivity contribution in [3.63, 3.8) is 0 Å². The summed E-state index contributed by atoms with van der Waals surface area (Å²) in [4.78, 5) is 11.8. The van der Waals surface area contributed by atoms with Crippen molar-refractivity contribution in [2.45, 2.75) is 71.0 Å². The van der Waals surface area contributed by atoms with E-state index in [1.807, 2.05) is 0 Å². The van der Waals surface area contributed by atoms with Crippen molar-refractivity contribution >= 4 is 16.7 Å². The van der Waals surface area contributed by atoms with E-state index in [0.29, 0.717) is 43.0 Å². The van der Waals surface area contributed by atoms with E-state index in [2.05, 4.69) is 49.9 Å². The molecule has 2 aliphatic rings. The van der Waals surface area contributed by atoms with Gasteiger partial charge in [0.2, 0.25) is 0 Å². The van der Waals surface area contributed by atoms with Crippen molar-refractivity contribution in [3.8, 4) is 0 Å². The minimum atomic E-state index is -0.446. The molecular formula is C31H42O5. The number of hydrogen-bond donors (Lipinski definition) is 1. The van der Waals surface area contributed by atoms with Crippen LogP contribution in [0.2, 0.25) is 0 Å². The first kappa shape index (κ1) is 26.8. The Kier molecular flexibility index (Phi) is 9.58. The van der Waals surface area contributed by atoms with E-state index < -0.39 is 12.3 Å². The number of aliphatic hydroxyl groups excluding tert-OH is 1. The number of aliphatic hydroxyl groups is 1. The van der Waals surface area contributed by atoms with Gasteiger partial charge in [-0.05, 0) is 79.2 Å². The van der Waals surface area contributed by atoms with Crippen molar-refractivity contribution in [1.82, 2.24) is 0 Å². The fourth-order valence-corrected chi connectivity index (χ4v) is 5.78. The zero-order valence-electron chi connectivity index (χ0n) is 21.9. The molecule has 0 spiro atoms. The average Bonchev–Trinajstić information content (AvgIpc) is 2.91. The third-order valence-corrected chi connectivity index (χ3v) is 7.99. The van der Waals surface area contributed by atoms with Gasteiger partial charge in [0.1, 0.15) is 0 Å². The quantitative estimate of drug-likeness (QED) is 0.316. The predicted molar refractivity (Wildman–Crippen MR) is 143 cm³/mol. The molecule has 1 atom stereocenters. The van der Waals surface area contributed by atoms with Crippen LogP contribution in [0, 0.1) is 17.8 Å². The maximum Gasteiger partial charge on any atom is 0.333 e. The van der Waals surface area contributed by atoms with Gasteiger partial charge >= 0.3 is 5.97 Å². The zero-order valence-corrected chi connectivity index (χ0v) is 21.9. The maximum atomic E-state index is 11.8. The second kappa shape index (κ2) is 12.8. The molecule has 0 amide bonds. The van der Waals surface area contributed by atoms with Gasteiger partial charge in [0.25, 0.3) is 0 Å². The van der Waals surface area contributed by atoms with Crippen LogP contribution in [-0.2, 0) is 25.4 Å². The van der Waals surface area contributed by atoms with Gasteiger partial charge < -0.3 is 19.3 Å². The van der Waals surface area contributed by atoms with Gasteiger partial charge in [-0.25, -0.2) is 4.79 Å². The number of fused-ring (bicyclic) bond motifs is 1. The number of esters is 1. The highest BCUT2D eigenvalue weighted by molar-refractivity contribution is 5.87. The smallest absolute Gasteiger partial charge is 0.333 e. The molecule has 1 saturated carbocycles. The van der Waals surface area contributed by atoms with Gasteiger partial charge in [0.15, 0.2) is 6.29 Å². The maximum absolute atomic E-state index is 11.8. The number of ether oxygens (including phenoxy) is 3. The molecule has 0 radical (unpaired) electrons. The molecule has 1 heterocycles. The normalized spacial score (nSPS) is 25.4. The Morgan fingerprint density at radius 3 is 2.42 bits per heavy atom. The van der Waals surface area contributed by atoms with Gasteiger partial charge in [-0.3, -0.25) is 0 Å². The Morgan fingerprint density at radius 2 is 1.75 bits per heavy atom. The Labute approximate surface area is 215 Å². The van der Waals surface area contributed by atoms with Crippen LogP contribution in [0.5, 0.6) is 0 Å². The molecule has 2 aromatic rings. The van der Waals surface area contributed by atoms with E-state index in [1.54, 1.807) is 6.92 Å². The summed E-state index contributed by atoms with van der Waals surface area (Å²) in [6.07, 6.45) is 7.13. The van der Waals surface area contributed by atoms with E-state index in [4.69, 9.17) is 14.2 Å². The summed E-state index contributed by atoms with van der Waals surface area (Å²) >= 11 is 0. The van der Waals surface area contributed by atoms with Crippen LogP contribution in [0.3, 0.4) is 0 Å². The van der Waals surface area contributed by atoms with Crippen molar-refractivity contribution in [3.05, 3.63) is 59.7 Å². The number of carbonyl (C=O) groups excluding carboxylic acids is 1. The van der Waals surface area contributed by atoms with E-state index in [-0.39, 0.29) is 19.1 Å². The average molecular weight is 495 g/mol. The van der Waals surface area contributed by atoms with Crippen LogP contribution in [0.25, 0.3) is 10.8 Å². The SMILES string of the molecule is C=C(C)C(=O)OCC(CCO)C1OCC(C2CCC(c3ccc4cc(CCC)ccc4c3)CC2)CO1. The number of aryl methyl sites for hydroxylation is 1. The lowest BCUT2D eigenvalue weighted by atomic mass is 9.74. The summed E-state index contributed by atoms with van der Waals surface area (Å²) in [6.45, 7) is 8.95. The van der Waals surface area contributed by atoms with Crippen molar-refractivity contribution in [2.75, 3.05) is 26.4 Å². The summed E-state index contributed by atoms with van der Waals surface area (Å²) in [6, 6.07) is 13.9. The first-order chi connectivity index (χ1) is 17.5. The monoisotopic (exact) mass is 494 g/mol. The molecular weight excluding hydrogens is 452 g/mol. The zero-order chi connectivity index (χ0) is 25.5. The third-order valence-electron chi connectivity index (χ3n) is 7.99. The van der Waals surface area contributed by atoms with Gasteiger partial charge in [-0.2, -0.15) is 0 Å². The summed E-state index contributed by atoms with van der Waals surface area (Å²) < 4.78 is 17.5. The minimum absolute atomic E-state index is 0.000620. The molecule has 1 aliphatic heterocycles. The molecule has 2 aromatic carbocycles. The molecule has 1 aliphatic carbocycles. The van der Waals surface area contributed by atoms with Crippen LogP contribution >= 0.6 is 0 Å². The molecule has 0 aromatic heterocycles. The standard InChI is InChI=1S/C31H42O5/c1-4-5-22-6-7-27-17-26(13-12-25(27)16-22)23-8-10-24(11-9-23)29-19-35-31(36-20-29)28(14-15-32)18-34-30(33)21(2)3/h6-7,12-13,16-17,23-24,28-29,31-32H,2,4-5,8-11,14-15,18-20H2,1,3H3. The molecule has 36 heavy (non-hydrogen) atoms. The lowest BCUT2D eigenvalue weighted by Gasteiger charge is -2.39. The fraction of sp³-hybridized carbons (Fsp3) is 0.581. The molecule has 2 fully saturated rings. The van der Waals surface area contributed by atoms with Crippen LogP contribution in [0.15, 0.2) is 48.6 Å². The van der Waals surface area contributed by atoms with Crippen molar-refractivity contribution < 1.29 is 24.1 Å². The van der Waals surface area contributed by atoms with E-state index in [0.717, 1.165) is 6.42 Å². The van der Waals surface area contributed by atoms with Gasteiger partial charge in [-0.1, -0.05) is 56.3 Å². The highest BCUT2D eigenvalue weighted by Crippen LogP contribution is 2.41. The largest absolute Gasteiger partial charge is 0.462 e. The number of rotatable bonds is 10. The number of hydrogen-bond acceptors (Lipinski definition) is 5. The fourth-order valence-electron chi connectivity index (χ4n) is 5.78. The summed E-state index contributed by atoms with van der Waals surface area (Å²) in [5.41, 5.74) is 3.26. The van der Waals surface area contributed by atoms with E-state index in [1.165, 1.54) is 54.0 Å². The summed E-state index contributed by atoms with van der Waals surface area (Å²) in [5, 5.41) is 12.1. The highest BCUT2D eigenvalue weighted by atomic mass is 16.7. The first-order valence-electron chi connectivity index (χ1n) is 13.7. The van der Waals surface area contributed by atoms with Crippen molar-refractivity contribution in [1.29, 1.82) is 0 Å². The van der Waals surface area contributed by atoms with Gasteiger partial charge in [0, 0.05) is 24.0 Å². The minimum Gasteiger partial charge on any atom is -0.462 e. The molecule has 1 saturated heterocycles. The second-order valence-corrected chi connectivity index (χ2v) is 10.7. The second-order valence-electron chi connectivity index (χ2n) is 10.7. The number of benzene rings is 2. The summed E-state index contributed by atoms with van der Waals surface area (Å²) in [7, 11) is 0. The molecule has 5 heteroatoms. The Morgan fingerprint density at radius 1 is 1.06 bits per heavy atom. The molecule has 1 N–H and O–H groups in total. The van der Waals surface area contributed by atoms with Crippen molar-refractivity contribution in [2.24, 2.45) is 17.8 Å². The van der Waals surface area contributed by atoms with E-state index >= 15 is 0 Å². The lowest BCUT2D eigenvalue weighted by molar-refractivity contribution is -0.239. The van der Waals surface area contributed by atoms with E-state index in [9.17, 15) is 9.90 Å². The number of carbonyl (C=O) groups is 1. The van der Waals surface area contributed by atoms with Gasteiger partial charge in [0.05, 0.1) is 19.8 Å². The van der Waals surface area contributed by atoms with Crippen LogP contribution < -0.4 is 0 Å². The van der Waals surface area contributed by atoms with Crippen LogP contribution in [-0.4, -0.2) is 43.8 Å². The van der Waals surface area contributed by atoms with Gasteiger partial charge in [-0.15, -0.1) is 0 Å². The predicted octanol–water partition coefficient (Wildman–Crippen LogP) is 6.17. The molecule has 5 nitrogen and oxygen atoms in total. The molecule has 196 valence electrons. The third kappa shape index (κ3) is 6.76. The lowest BCUT2D eigenvalue weighted by Crippen LogP contribution is -2.42. The summed E-state index contributed by atoms with van der Waals surface area (Å²) in [5.74, 6) is 1.02. The molecule has 4 rings (SSSR count). The molecule has 1 unspecified atom stereocenters. The topological polar surface area (TPSA) is 65.0 Å². The highest BCUT2D eigenvalue weighted by Gasteiger charge is 2.35.